The predicted molar refractivity (Wildman–Crippen MR) is 136 cm³/mol. The number of carbonyl (C=O) groups excluding carboxylic acids is 2. The van der Waals surface area contributed by atoms with Gasteiger partial charge in [-0.2, -0.15) is 5.10 Å². The van der Waals surface area contributed by atoms with Crippen molar-refractivity contribution in [3.05, 3.63) is 35.4 Å². The molecule has 0 aromatic heterocycles. The number of nitrogens with one attached hydrogen (secondary N) is 2. The fourth-order valence-electron chi connectivity index (χ4n) is 2.63. The average molecular weight is 459 g/mol. The Balaban J connectivity index is 0.00000150. The van der Waals surface area contributed by atoms with E-state index in [-0.39, 0.29) is 18.4 Å². The molecule has 1 aromatic rings. The molecule has 0 aliphatic carbocycles. The van der Waals surface area contributed by atoms with Crippen LogP contribution in [0.4, 0.5) is 0 Å². The second-order valence-corrected chi connectivity index (χ2v) is 8.83. The number of nitrogens with zero attached hydrogens (tertiary/aromatic N) is 1. The summed E-state index contributed by atoms with van der Waals surface area (Å²) in [7, 11) is 0. The molecule has 0 unspecified atom stereocenters. The summed E-state index contributed by atoms with van der Waals surface area (Å²) < 4.78 is 0. The van der Waals surface area contributed by atoms with Crippen LogP contribution in [0.3, 0.4) is 0 Å². The molecule has 0 aliphatic heterocycles. The van der Waals surface area contributed by atoms with Crippen LogP contribution in [0.5, 0.6) is 0 Å². The number of unbranched alkanes of at least 4 members (excludes halogenated alkanes) is 2. The summed E-state index contributed by atoms with van der Waals surface area (Å²) in [5.74, 6) is 6.24. The smallest absolute Gasteiger partial charge is 0.251 e. The number of carbonyl (C=O) groups is 2. The topological polar surface area (TPSA) is 117 Å². The Hall–Kier alpha value is -2.69. The molecule has 1 aromatic carbocycles. The fourth-order valence-corrected chi connectivity index (χ4v) is 2.63. The lowest BCUT2D eigenvalue weighted by atomic mass is 10.0. The molecular formula is C26H42N4O3. The quantitative estimate of drug-likeness (QED) is 0.166. The van der Waals surface area contributed by atoms with Crippen molar-refractivity contribution < 1.29 is 14.7 Å². The lowest BCUT2D eigenvalue weighted by Gasteiger charge is -2.25. The second kappa shape index (κ2) is 17.8. The molecule has 0 saturated carbocycles. The zero-order valence-corrected chi connectivity index (χ0v) is 20.9. The molecule has 0 saturated heterocycles. The Morgan fingerprint density at radius 1 is 1.21 bits per heavy atom. The summed E-state index contributed by atoms with van der Waals surface area (Å²) >= 11 is 0. The number of hydrogen-bond donors (Lipinski definition) is 4. The Labute approximate surface area is 199 Å². The number of hydrazone groups is 1. The maximum Gasteiger partial charge on any atom is 0.251 e. The normalized spacial score (nSPS) is 10.8. The van der Waals surface area contributed by atoms with E-state index in [1.54, 1.807) is 31.2 Å². The van der Waals surface area contributed by atoms with E-state index in [0.29, 0.717) is 18.4 Å². The van der Waals surface area contributed by atoms with Gasteiger partial charge in [0.1, 0.15) is 0 Å². The van der Waals surface area contributed by atoms with Gasteiger partial charge in [-0.1, -0.05) is 26.0 Å². The molecule has 0 radical (unpaired) electrons. The molecule has 5 N–H and O–H groups in total. The first-order valence-electron chi connectivity index (χ1n) is 11.6. The lowest BCUT2D eigenvalue weighted by Crippen LogP contribution is -2.44. The zero-order valence-electron chi connectivity index (χ0n) is 20.9. The molecule has 33 heavy (non-hydrogen) atoms. The summed E-state index contributed by atoms with van der Waals surface area (Å²) in [4.78, 5) is 23.9. The molecule has 0 bridgehead atoms. The van der Waals surface area contributed by atoms with Gasteiger partial charge in [0.05, 0.1) is 6.21 Å². The Morgan fingerprint density at radius 3 is 2.39 bits per heavy atom. The van der Waals surface area contributed by atoms with E-state index < -0.39 is 5.54 Å². The van der Waals surface area contributed by atoms with Crippen molar-refractivity contribution in [3.63, 3.8) is 0 Å². The first kappa shape index (κ1) is 30.3. The van der Waals surface area contributed by atoms with Crippen molar-refractivity contribution in [1.82, 2.24) is 10.7 Å². The molecule has 0 aliphatic rings. The van der Waals surface area contributed by atoms with Crippen molar-refractivity contribution in [1.29, 1.82) is 0 Å². The molecule has 7 heteroatoms. The first-order chi connectivity index (χ1) is 15.6. The van der Waals surface area contributed by atoms with Crippen molar-refractivity contribution in [3.8, 4) is 11.8 Å². The number of hydrogen-bond acceptors (Lipinski definition) is 5. The van der Waals surface area contributed by atoms with Crippen LogP contribution in [0.15, 0.2) is 29.4 Å². The van der Waals surface area contributed by atoms with Crippen molar-refractivity contribution in [2.24, 2.45) is 16.8 Å². The molecule has 0 spiro atoms. The minimum absolute atomic E-state index is 0.0151. The van der Waals surface area contributed by atoms with E-state index >= 15 is 0 Å². The van der Waals surface area contributed by atoms with Gasteiger partial charge < -0.3 is 16.2 Å². The van der Waals surface area contributed by atoms with Crippen LogP contribution in [0, 0.1) is 17.8 Å². The van der Waals surface area contributed by atoms with E-state index in [9.17, 15) is 9.59 Å². The number of aliphatic hydroxyl groups excluding tert-OH is 1. The molecule has 0 fully saturated rings. The third-order valence-electron chi connectivity index (χ3n) is 4.64. The van der Waals surface area contributed by atoms with Gasteiger partial charge in [0.15, 0.2) is 0 Å². The van der Waals surface area contributed by atoms with Crippen molar-refractivity contribution >= 4 is 18.0 Å². The Bertz CT molecular complexity index is 775. The van der Waals surface area contributed by atoms with E-state index in [4.69, 9.17) is 10.8 Å². The molecule has 1 rings (SSSR count). The summed E-state index contributed by atoms with van der Waals surface area (Å²) in [6, 6.07) is 6.91. The van der Waals surface area contributed by atoms with Gasteiger partial charge in [0.25, 0.3) is 5.91 Å². The van der Waals surface area contributed by atoms with Crippen LogP contribution in [-0.4, -0.2) is 41.8 Å². The zero-order chi connectivity index (χ0) is 25.1. The van der Waals surface area contributed by atoms with Crippen molar-refractivity contribution in [2.75, 3.05) is 13.2 Å². The summed E-state index contributed by atoms with van der Waals surface area (Å²) in [6.07, 6.45) is 6.09. The minimum atomic E-state index is -0.473. The van der Waals surface area contributed by atoms with Crippen LogP contribution < -0.4 is 16.5 Å². The minimum Gasteiger partial charge on any atom is -0.396 e. The van der Waals surface area contributed by atoms with Crippen LogP contribution in [0.2, 0.25) is 0 Å². The van der Waals surface area contributed by atoms with Crippen LogP contribution in [-0.2, 0) is 4.79 Å². The molecule has 0 atom stereocenters. The maximum atomic E-state index is 12.2. The number of benzene rings is 1. The average Bonchev–Trinajstić information content (AvgIpc) is 2.74. The van der Waals surface area contributed by atoms with Crippen LogP contribution in [0.1, 0.15) is 89.1 Å². The molecular weight excluding hydrogens is 416 g/mol. The third kappa shape index (κ3) is 16.6. The van der Waals surface area contributed by atoms with Gasteiger partial charge in [0, 0.05) is 30.6 Å². The van der Waals surface area contributed by atoms with Gasteiger partial charge in [-0.3, -0.25) is 9.59 Å². The highest BCUT2D eigenvalue weighted by atomic mass is 16.3. The highest BCUT2D eigenvalue weighted by Gasteiger charge is 2.20. The summed E-state index contributed by atoms with van der Waals surface area (Å²) in [5, 5.41) is 15.8. The maximum absolute atomic E-state index is 12.2. The number of aliphatic hydroxyl groups is 1. The highest BCUT2D eigenvalue weighted by molar-refractivity contribution is 5.95. The predicted octanol–water partition coefficient (Wildman–Crippen LogP) is 3.60. The Morgan fingerprint density at radius 2 is 1.88 bits per heavy atom. The number of nitrogens with two attached hydrogens (primary N) is 1. The number of amides is 2. The lowest BCUT2D eigenvalue weighted by molar-refractivity contribution is -0.121. The third-order valence-corrected chi connectivity index (χ3v) is 4.64. The Kier molecular flexibility index (Phi) is 16.4. The van der Waals surface area contributed by atoms with E-state index in [0.717, 1.165) is 43.7 Å². The van der Waals surface area contributed by atoms with Gasteiger partial charge in [-0.05, 0) is 76.6 Å². The van der Waals surface area contributed by atoms with Gasteiger partial charge in [-0.15, -0.1) is 11.8 Å². The summed E-state index contributed by atoms with van der Waals surface area (Å²) in [5.41, 5.74) is 8.56. The molecule has 184 valence electrons. The number of rotatable bonds is 12. The van der Waals surface area contributed by atoms with Crippen LogP contribution in [0.25, 0.3) is 0 Å². The monoisotopic (exact) mass is 458 g/mol. The largest absolute Gasteiger partial charge is 0.396 e. The van der Waals surface area contributed by atoms with Gasteiger partial charge in [0.2, 0.25) is 5.91 Å². The van der Waals surface area contributed by atoms with Crippen LogP contribution >= 0.6 is 0 Å². The summed E-state index contributed by atoms with van der Waals surface area (Å²) in [6.45, 7) is 10.7. The van der Waals surface area contributed by atoms with E-state index in [1.165, 1.54) is 6.21 Å². The standard InChI is InChI=1S/C21H29N3O3.C5H13N/c1-4-5-6-7-8-9-19(26)24-22-16-17-10-12-18(13-11-17)20(27)23-21(2,3)14-15-25;1-5(2)3-4-6/h10-13,16,25H,6-9,14-15H2,1-3H3,(H,23,27)(H,24,26);5H,3-4,6H2,1-2H3/b22-16-;. The van der Waals surface area contributed by atoms with E-state index in [1.807, 2.05) is 13.8 Å². The molecule has 2 amide bonds. The van der Waals surface area contributed by atoms with E-state index in [2.05, 4.69) is 41.5 Å². The molecule has 0 heterocycles. The highest BCUT2D eigenvalue weighted by Crippen LogP contribution is 2.10. The second-order valence-electron chi connectivity index (χ2n) is 8.83. The first-order valence-corrected chi connectivity index (χ1v) is 11.6. The van der Waals surface area contributed by atoms with Crippen molar-refractivity contribution in [2.45, 2.75) is 78.7 Å². The van der Waals surface area contributed by atoms with Gasteiger partial charge in [-0.25, -0.2) is 5.43 Å². The molecule has 7 nitrogen and oxygen atoms in total. The van der Waals surface area contributed by atoms with Gasteiger partial charge >= 0.3 is 0 Å². The SMILES string of the molecule is CC#CCCCCC(=O)N/N=C\c1ccc(C(=O)NC(C)(C)CCO)cc1.CC(C)CCN. The fraction of sp³-hybridized carbons (Fsp3) is 0.577.